The SMILES string of the molecule is COc1cc(C(=O)N2CCCCC3(CO)CCN(CC3)Cc3ccccc3OCC2)ccn1. The molecule has 2 aromatic rings. The van der Waals surface area contributed by atoms with Crippen LogP contribution in [0.3, 0.4) is 0 Å². The molecule has 0 spiro atoms. The van der Waals surface area contributed by atoms with E-state index >= 15 is 0 Å². The summed E-state index contributed by atoms with van der Waals surface area (Å²) < 4.78 is 11.4. The van der Waals surface area contributed by atoms with E-state index in [0.29, 0.717) is 31.1 Å². The number of hydrogen-bond acceptors (Lipinski definition) is 6. The molecule has 0 saturated carbocycles. The van der Waals surface area contributed by atoms with Crippen LogP contribution in [0.2, 0.25) is 0 Å². The smallest absolute Gasteiger partial charge is 0.254 e. The Morgan fingerprint density at radius 2 is 1.94 bits per heavy atom. The van der Waals surface area contributed by atoms with E-state index in [1.807, 2.05) is 23.1 Å². The number of fused-ring (bicyclic) bond motifs is 9. The van der Waals surface area contributed by atoms with Crippen LogP contribution in [0.15, 0.2) is 42.6 Å². The van der Waals surface area contributed by atoms with Crippen LogP contribution < -0.4 is 9.47 Å². The van der Waals surface area contributed by atoms with Crippen LogP contribution in [0.5, 0.6) is 11.6 Å². The fourth-order valence-corrected chi connectivity index (χ4v) is 4.91. The number of aromatic nitrogens is 1. The van der Waals surface area contributed by atoms with Crippen molar-refractivity contribution in [2.24, 2.45) is 5.41 Å². The quantitative estimate of drug-likeness (QED) is 0.768. The number of para-hydroxylation sites is 1. The zero-order chi connectivity index (χ0) is 23.1. The number of carbonyl (C=O) groups is 1. The molecule has 5 rings (SSSR count). The third-order valence-corrected chi connectivity index (χ3v) is 7.10. The van der Waals surface area contributed by atoms with E-state index in [1.54, 1.807) is 25.4 Å². The topological polar surface area (TPSA) is 75.1 Å². The number of benzene rings is 1. The van der Waals surface area contributed by atoms with Gasteiger partial charge in [0.2, 0.25) is 5.88 Å². The molecule has 0 atom stereocenters. The van der Waals surface area contributed by atoms with E-state index in [9.17, 15) is 9.90 Å². The van der Waals surface area contributed by atoms with Gasteiger partial charge in [-0.2, -0.15) is 0 Å². The number of amides is 1. The fraction of sp³-hybridized carbons (Fsp3) is 0.538. The normalized spacial score (nSPS) is 24.2. The van der Waals surface area contributed by atoms with Crippen molar-refractivity contribution in [1.29, 1.82) is 0 Å². The van der Waals surface area contributed by atoms with Gasteiger partial charge in [-0.25, -0.2) is 4.98 Å². The molecule has 1 amide bonds. The molecule has 178 valence electrons. The highest BCUT2D eigenvalue weighted by atomic mass is 16.5. The molecule has 3 aliphatic rings. The van der Waals surface area contributed by atoms with Gasteiger partial charge in [-0.3, -0.25) is 9.69 Å². The third kappa shape index (κ3) is 5.84. The minimum atomic E-state index is -0.0409. The fourth-order valence-electron chi connectivity index (χ4n) is 4.91. The van der Waals surface area contributed by atoms with Crippen LogP contribution in [0, 0.1) is 5.41 Å². The first-order chi connectivity index (χ1) is 16.1. The second-order valence-electron chi connectivity index (χ2n) is 9.23. The molecule has 33 heavy (non-hydrogen) atoms. The van der Waals surface area contributed by atoms with Crippen molar-refractivity contribution in [2.75, 3.05) is 46.5 Å². The molecule has 1 aromatic carbocycles. The van der Waals surface area contributed by atoms with Gasteiger partial charge in [0.15, 0.2) is 0 Å². The number of methoxy groups -OCH3 is 1. The third-order valence-electron chi connectivity index (χ3n) is 7.10. The Labute approximate surface area is 196 Å². The summed E-state index contributed by atoms with van der Waals surface area (Å²) in [5.74, 6) is 1.27. The number of hydrogen-bond donors (Lipinski definition) is 1. The number of piperidine rings is 1. The molecule has 7 heteroatoms. The predicted molar refractivity (Wildman–Crippen MR) is 127 cm³/mol. The van der Waals surface area contributed by atoms with Gasteiger partial charge in [-0.15, -0.1) is 0 Å². The second kappa shape index (κ2) is 11.0. The molecule has 0 unspecified atom stereocenters. The average molecular weight is 454 g/mol. The van der Waals surface area contributed by atoms with Crippen LogP contribution in [0.4, 0.5) is 0 Å². The van der Waals surface area contributed by atoms with Crippen LogP contribution in [-0.2, 0) is 6.54 Å². The summed E-state index contributed by atoms with van der Waals surface area (Å²) in [5.41, 5.74) is 1.74. The summed E-state index contributed by atoms with van der Waals surface area (Å²) in [6.07, 6.45) is 6.50. The number of rotatable bonds is 3. The lowest BCUT2D eigenvalue weighted by atomic mass is 9.75. The molecular weight excluding hydrogens is 418 g/mol. The summed E-state index contributed by atoms with van der Waals surface area (Å²) in [7, 11) is 1.55. The largest absolute Gasteiger partial charge is 0.491 e. The molecule has 0 radical (unpaired) electrons. The number of carbonyl (C=O) groups excluding carboxylic acids is 1. The summed E-state index contributed by atoms with van der Waals surface area (Å²) in [4.78, 5) is 21.7. The zero-order valence-corrected chi connectivity index (χ0v) is 19.5. The zero-order valence-electron chi connectivity index (χ0n) is 19.5. The lowest BCUT2D eigenvalue weighted by Gasteiger charge is -2.41. The lowest BCUT2D eigenvalue weighted by Crippen LogP contribution is -2.41. The Morgan fingerprint density at radius 3 is 2.73 bits per heavy atom. The van der Waals surface area contributed by atoms with Gasteiger partial charge in [0.05, 0.1) is 13.7 Å². The van der Waals surface area contributed by atoms with Crippen molar-refractivity contribution in [3.8, 4) is 11.6 Å². The molecule has 1 saturated heterocycles. The van der Waals surface area contributed by atoms with Crippen molar-refractivity contribution >= 4 is 5.91 Å². The Bertz CT molecular complexity index is 927. The van der Waals surface area contributed by atoms with E-state index in [0.717, 1.165) is 57.5 Å². The minimum Gasteiger partial charge on any atom is -0.491 e. The molecule has 3 aliphatic heterocycles. The standard InChI is InChI=1S/C26H35N3O4/c1-32-24-18-21(8-12-27-24)25(31)29-13-5-4-9-26(20-30)10-14-28(15-11-26)19-22-6-2-3-7-23(22)33-17-16-29/h2-3,6-8,12,18,30H,4-5,9-11,13-17,19-20H2,1H3. The molecule has 1 N–H and O–H groups in total. The van der Waals surface area contributed by atoms with Crippen molar-refractivity contribution in [2.45, 2.75) is 38.6 Å². The maximum atomic E-state index is 13.3. The summed E-state index contributed by atoms with van der Waals surface area (Å²) >= 11 is 0. The van der Waals surface area contributed by atoms with Crippen molar-refractivity contribution in [3.05, 3.63) is 53.7 Å². The van der Waals surface area contributed by atoms with Crippen molar-refractivity contribution in [1.82, 2.24) is 14.8 Å². The maximum Gasteiger partial charge on any atom is 0.254 e. The summed E-state index contributed by atoms with van der Waals surface area (Å²) in [6, 6.07) is 11.6. The summed E-state index contributed by atoms with van der Waals surface area (Å²) in [6.45, 7) is 4.66. The first-order valence-electron chi connectivity index (χ1n) is 12.0. The molecule has 1 aromatic heterocycles. The van der Waals surface area contributed by atoms with Crippen LogP contribution in [0.25, 0.3) is 0 Å². The Kier molecular flexibility index (Phi) is 7.83. The highest BCUT2D eigenvalue weighted by Crippen LogP contribution is 2.37. The Hall–Kier alpha value is -2.64. The predicted octanol–water partition coefficient (Wildman–Crippen LogP) is 3.37. The number of aliphatic hydroxyl groups excluding tert-OH is 1. The van der Waals surface area contributed by atoms with Gasteiger partial charge >= 0.3 is 0 Å². The van der Waals surface area contributed by atoms with Gasteiger partial charge in [-0.05, 0) is 56.3 Å². The van der Waals surface area contributed by atoms with E-state index in [4.69, 9.17) is 9.47 Å². The van der Waals surface area contributed by atoms with E-state index in [1.165, 1.54) is 5.56 Å². The second-order valence-corrected chi connectivity index (χ2v) is 9.23. The number of aliphatic hydroxyl groups is 1. The van der Waals surface area contributed by atoms with Gasteiger partial charge in [0.1, 0.15) is 12.4 Å². The van der Waals surface area contributed by atoms with E-state index in [2.05, 4.69) is 16.0 Å². The summed E-state index contributed by atoms with van der Waals surface area (Å²) in [5, 5.41) is 10.2. The van der Waals surface area contributed by atoms with Gasteiger partial charge in [-0.1, -0.05) is 24.6 Å². The first-order valence-corrected chi connectivity index (χ1v) is 12.0. The number of nitrogens with zero attached hydrogens (tertiary/aromatic N) is 3. The molecule has 4 heterocycles. The van der Waals surface area contributed by atoms with Crippen LogP contribution >= 0.6 is 0 Å². The molecule has 1 fully saturated rings. The first kappa shape index (κ1) is 23.5. The minimum absolute atomic E-state index is 0.00000172. The van der Waals surface area contributed by atoms with E-state index in [-0.39, 0.29) is 17.9 Å². The lowest BCUT2D eigenvalue weighted by molar-refractivity contribution is 0.0319. The highest BCUT2D eigenvalue weighted by Gasteiger charge is 2.34. The van der Waals surface area contributed by atoms with Gasteiger partial charge < -0.3 is 19.5 Å². The van der Waals surface area contributed by atoms with Gasteiger partial charge in [0.25, 0.3) is 5.91 Å². The van der Waals surface area contributed by atoms with Crippen molar-refractivity contribution < 1.29 is 19.4 Å². The molecular formula is C26H35N3O4. The molecule has 7 nitrogen and oxygen atoms in total. The Balaban J connectivity index is 1.53. The monoisotopic (exact) mass is 453 g/mol. The number of ether oxygens (including phenoxy) is 2. The number of pyridine rings is 1. The Morgan fingerprint density at radius 1 is 1.12 bits per heavy atom. The maximum absolute atomic E-state index is 13.3. The highest BCUT2D eigenvalue weighted by molar-refractivity contribution is 5.94. The van der Waals surface area contributed by atoms with Crippen LogP contribution in [0.1, 0.15) is 48.0 Å². The van der Waals surface area contributed by atoms with Gasteiger partial charge in [0, 0.05) is 43.1 Å². The molecule has 2 bridgehead atoms. The van der Waals surface area contributed by atoms with Crippen molar-refractivity contribution in [3.63, 3.8) is 0 Å². The average Bonchev–Trinajstić information content (AvgIpc) is 2.87. The van der Waals surface area contributed by atoms with E-state index < -0.39 is 0 Å². The van der Waals surface area contributed by atoms with Crippen LogP contribution in [-0.4, -0.2) is 72.3 Å². The molecule has 0 aliphatic carbocycles.